The molecular weight excluding hydrogens is 346 g/mol. The van der Waals surface area contributed by atoms with Crippen LogP contribution in [0.2, 0.25) is 5.02 Å². The minimum Gasteiger partial charge on any atom is -0.409 e. The van der Waals surface area contributed by atoms with Crippen LogP contribution in [-0.2, 0) is 0 Å². The van der Waals surface area contributed by atoms with E-state index in [1.54, 1.807) is 24.3 Å². The Labute approximate surface area is 149 Å². The molecule has 1 saturated carbocycles. The van der Waals surface area contributed by atoms with Crippen LogP contribution in [0, 0.1) is 22.0 Å². The summed E-state index contributed by atoms with van der Waals surface area (Å²) < 4.78 is 0. The quantitative estimate of drug-likeness (QED) is 0.513. The van der Waals surface area contributed by atoms with Crippen LogP contribution in [0.15, 0.2) is 29.3 Å². The van der Waals surface area contributed by atoms with Gasteiger partial charge in [-0.2, -0.15) is 0 Å². The third kappa shape index (κ3) is 3.39. The molecule has 1 aromatic carbocycles. The van der Waals surface area contributed by atoms with Gasteiger partial charge in [-0.15, -0.1) is 0 Å². The monoisotopic (exact) mass is 365 g/mol. The van der Waals surface area contributed by atoms with E-state index in [1.165, 1.54) is 0 Å². The molecule has 0 bridgehead atoms. The molecule has 134 valence electrons. The highest BCUT2D eigenvalue weighted by atomic mass is 35.5. The van der Waals surface area contributed by atoms with E-state index in [0.29, 0.717) is 21.5 Å². The molecule has 1 aliphatic rings. The van der Waals surface area contributed by atoms with Crippen LogP contribution in [-0.4, -0.2) is 30.9 Å². The predicted molar refractivity (Wildman–Crippen MR) is 91.9 cm³/mol. The SMILES string of the molecule is CC1CCCC(N=c2c([N+](=O)[O-])nn(-c3ccc(Cl)cc3)n2O)C1C. The molecule has 1 fully saturated rings. The van der Waals surface area contributed by atoms with Gasteiger partial charge in [-0.05, 0) is 52.2 Å². The molecular formula is C16H20ClN5O3. The van der Waals surface area contributed by atoms with Crippen molar-refractivity contribution < 1.29 is 10.1 Å². The maximum Gasteiger partial charge on any atom is 0.438 e. The molecule has 25 heavy (non-hydrogen) atoms. The second-order valence-corrected chi connectivity index (χ2v) is 6.96. The predicted octanol–water partition coefficient (Wildman–Crippen LogP) is 3.20. The average Bonchev–Trinajstić information content (AvgIpc) is 2.90. The molecule has 1 aliphatic carbocycles. The normalized spacial score (nSPS) is 24.4. The minimum atomic E-state index is -0.630. The summed E-state index contributed by atoms with van der Waals surface area (Å²) in [7, 11) is 0. The van der Waals surface area contributed by atoms with Crippen LogP contribution in [0.5, 0.6) is 0 Å². The summed E-state index contributed by atoms with van der Waals surface area (Å²) in [4.78, 5) is 16.9. The molecule has 2 aromatic rings. The lowest BCUT2D eigenvalue weighted by Gasteiger charge is -2.31. The van der Waals surface area contributed by atoms with Gasteiger partial charge in [0.2, 0.25) is 0 Å². The standard InChI is InChI=1S/C16H20ClN5O3/c1-10-4-3-5-14(11(10)2)18-15-16(22(24)25)19-20(21(15)23)13-8-6-12(17)7-9-13/h6-11,14,23H,3-5H2,1-2H3. The fraction of sp³-hybridized carbons (Fsp3) is 0.500. The highest BCUT2D eigenvalue weighted by Crippen LogP contribution is 2.31. The van der Waals surface area contributed by atoms with Crippen molar-refractivity contribution in [2.75, 3.05) is 0 Å². The van der Waals surface area contributed by atoms with E-state index < -0.39 is 10.7 Å². The van der Waals surface area contributed by atoms with Crippen molar-refractivity contribution in [3.05, 3.63) is 44.9 Å². The molecule has 1 heterocycles. The van der Waals surface area contributed by atoms with Gasteiger partial charge in [0.25, 0.3) is 5.49 Å². The maximum absolute atomic E-state index is 11.4. The van der Waals surface area contributed by atoms with Crippen LogP contribution >= 0.6 is 11.6 Å². The lowest BCUT2D eigenvalue weighted by Crippen LogP contribution is -2.32. The van der Waals surface area contributed by atoms with Gasteiger partial charge in [0.05, 0.1) is 11.1 Å². The van der Waals surface area contributed by atoms with Crippen LogP contribution in [0.1, 0.15) is 33.1 Å². The Hall–Kier alpha value is -2.35. The Morgan fingerprint density at radius 3 is 2.64 bits per heavy atom. The largest absolute Gasteiger partial charge is 0.438 e. The van der Waals surface area contributed by atoms with Gasteiger partial charge < -0.3 is 15.3 Å². The number of hydrogen-bond donors (Lipinski definition) is 1. The number of benzene rings is 1. The average molecular weight is 366 g/mol. The molecule has 0 aliphatic heterocycles. The first-order chi connectivity index (χ1) is 11.9. The van der Waals surface area contributed by atoms with Crippen LogP contribution in [0.25, 0.3) is 5.69 Å². The number of aromatic nitrogens is 3. The Morgan fingerprint density at radius 1 is 1.32 bits per heavy atom. The van der Waals surface area contributed by atoms with Crippen LogP contribution in [0.4, 0.5) is 5.82 Å². The van der Waals surface area contributed by atoms with Crippen molar-refractivity contribution in [2.24, 2.45) is 16.8 Å². The van der Waals surface area contributed by atoms with E-state index in [0.717, 1.165) is 24.1 Å². The van der Waals surface area contributed by atoms with E-state index in [-0.39, 0.29) is 17.4 Å². The topological polar surface area (TPSA) is 98.5 Å². The first-order valence-corrected chi connectivity index (χ1v) is 8.62. The zero-order valence-electron chi connectivity index (χ0n) is 14.0. The Balaban J connectivity index is 2.11. The summed E-state index contributed by atoms with van der Waals surface area (Å²) in [6.45, 7) is 4.25. The molecule has 3 atom stereocenters. The van der Waals surface area contributed by atoms with Crippen LogP contribution < -0.4 is 5.49 Å². The van der Waals surface area contributed by atoms with E-state index >= 15 is 0 Å². The molecule has 3 unspecified atom stereocenters. The summed E-state index contributed by atoms with van der Waals surface area (Å²) in [5, 5.41) is 26.3. The molecule has 0 saturated heterocycles. The summed E-state index contributed by atoms with van der Waals surface area (Å²) >= 11 is 5.86. The molecule has 9 heteroatoms. The van der Waals surface area contributed by atoms with Crippen LogP contribution in [0.3, 0.4) is 0 Å². The second kappa shape index (κ2) is 6.87. The molecule has 0 radical (unpaired) electrons. The van der Waals surface area contributed by atoms with Gasteiger partial charge in [-0.3, -0.25) is 4.99 Å². The van der Waals surface area contributed by atoms with Gasteiger partial charge in [0, 0.05) is 5.02 Å². The number of rotatable bonds is 3. The zero-order valence-corrected chi connectivity index (χ0v) is 14.8. The van der Waals surface area contributed by atoms with E-state index in [9.17, 15) is 15.3 Å². The van der Waals surface area contributed by atoms with E-state index in [2.05, 4.69) is 23.9 Å². The van der Waals surface area contributed by atoms with E-state index in [1.807, 2.05) is 0 Å². The third-order valence-electron chi connectivity index (χ3n) is 4.94. The van der Waals surface area contributed by atoms with Crippen molar-refractivity contribution in [1.82, 2.24) is 14.7 Å². The lowest BCUT2D eigenvalue weighted by atomic mass is 9.78. The first kappa shape index (κ1) is 17.5. The Morgan fingerprint density at radius 2 is 2.00 bits per heavy atom. The van der Waals surface area contributed by atoms with Crippen molar-refractivity contribution in [3.8, 4) is 5.69 Å². The van der Waals surface area contributed by atoms with Crippen molar-refractivity contribution in [1.29, 1.82) is 0 Å². The molecule has 1 aromatic heterocycles. The van der Waals surface area contributed by atoms with Crippen molar-refractivity contribution >= 4 is 17.4 Å². The van der Waals surface area contributed by atoms with Crippen molar-refractivity contribution in [2.45, 2.75) is 39.2 Å². The van der Waals surface area contributed by atoms with Crippen molar-refractivity contribution in [3.63, 3.8) is 0 Å². The summed E-state index contributed by atoms with van der Waals surface area (Å²) in [5.41, 5.74) is 0.312. The Bertz CT molecular complexity index is 842. The van der Waals surface area contributed by atoms with Gasteiger partial charge in [0.15, 0.2) is 0 Å². The minimum absolute atomic E-state index is 0.0799. The highest BCUT2D eigenvalue weighted by Gasteiger charge is 2.30. The maximum atomic E-state index is 11.4. The summed E-state index contributed by atoms with van der Waals surface area (Å²) in [6.07, 6.45) is 2.98. The first-order valence-electron chi connectivity index (χ1n) is 8.24. The lowest BCUT2D eigenvalue weighted by molar-refractivity contribution is -0.391. The summed E-state index contributed by atoms with van der Waals surface area (Å²) in [5.74, 6) is 0.301. The molecule has 0 spiro atoms. The molecule has 8 nitrogen and oxygen atoms in total. The van der Waals surface area contributed by atoms with E-state index in [4.69, 9.17) is 11.6 Å². The number of hydrogen-bond acceptors (Lipinski definition) is 5. The smallest absolute Gasteiger partial charge is 0.409 e. The third-order valence-corrected chi connectivity index (χ3v) is 5.19. The zero-order chi connectivity index (χ0) is 18.1. The molecule has 0 amide bonds. The molecule has 1 N–H and O–H groups in total. The van der Waals surface area contributed by atoms with Gasteiger partial charge in [-0.25, -0.2) is 0 Å². The second-order valence-electron chi connectivity index (χ2n) is 6.52. The van der Waals surface area contributed by atoms with Gasteiger partial charge in [0.1, 0.15) is 5.69 Å². The van der Waals surface area contributed by atoms with Gasteiger partial charge >= 0.3 is 5.82 Å². The highest BCUT2D eigenvalue weighted by molar-refractivity contribution is 6.30. The van der Waals surface area contributed by atoms with Gasteiger partial charge in [-0.1, -0.05) is 43.1 Å². The Kier molecular flexibility index (Phi) is 4.80. The fourth-order valence-electron chi connectivity index (χ4n) is 3.22. The molecule has 3 rings (SSSR count). The summed E-state index contributed by atoms with van der Waals surface area (Å²) in [6, 6.07) is 6.38. The number of halogens is 1. The number of nitro groups is 1. The fourth-order valence-corrected chi connectivity index (χ4v) is 3.34. The number of nitrogens with zero attached hydrogens (tertiary/aromatic N) is 5.